The average molecular weight is 281 g/mol. The van der Waals surface area contributed by atoms with Crippen LogP contribution in [-0.2, 0) is 11.2 Å². The highest BCUT2D eigenvalue weighted by molar-refractivity contribution is 5.30. The van der Waals surface area contributed by atoms with E-state index >= 15 is 0 Å². The zero-order chi connectivity index (χ0) is 15.0. The number of halogens is 1. The summed E-state index contributed by atoms with van der Waals surface area (Å²) in [7, 11) is 0. The van der Waals surface area contributed by atoms with Crippen LogP contribution in [0.5, 0.6) is 5.75 Å². The molecule has 4 heteroatoms. The minimum Gasteiger partial charge on any atom is -0.484 e. The van der Waals surface area contributed by atoms with Gasteiger partial charge in [-0.3, -0.25) is 0 Å². The Bertz CT molecular complexity index is 485. The smallest absolute Gasteiger partial charge is 0.165 e. The second-order valence-corrected chi connectivity index (χ2v) is 6.58. The van der Waals surface area contributed by atoms with Gasteiger partial charge in [0, 0.05) is 6.42 Å². The number of hydrogen-bond acceptors (Lipinski definition) is 3. The van der Waals surface area contributed by atoms with Crippen molar-refractivity contribution in [1.82, 2.24) is 0 Å². The van der Waals surface area contributed by atoms with Crippen molar-refractivity contribution in [3.63, 3.8) is 0 Å². The molecule has 1 unspecified atom stereocenters. The first-order chi connectivity index (χ1) is 9.23. The molecule has 0 bridgehead atoms. The van der Waals surface area contributed by atoms with Crippen molar-refractivity contribution in [2.75, 3.05) is 6.54 Å². The van der Waals surface area contributed by atoms with Gasteiger partial charge in [0.15, 0.2) is 11.6 Å². The first-order valence-corrected chi connectivity index (χ1v) is 7.09. The summed E-state index contributed by atoms with van der Waals surface area (Å²) < 4.78 is 25.9. The molecule has 1 aromatic rings. The molecule has 0 saturated carbocycles. The maximum absolute atomic E-state index is 14.1. The summed E-state index contributed by atoms with van der Waals surface area (Å²) in [6, 6.07) is 5.04. The van der Waals surface area contributed by atoms with Crippen LogP contribution >= 0.6 is 0 Å². The third-order valence-corrected chi connectivity index (χ3v) is 3.69. The molecule has 1 aliphatic rings. The lowest BCUT2D eigenvalue weighted by atomic mass is 9.97. The summed E-state index contributed by atoms with van der Waals surface area (Å²) >= 11 is 0. The van der Waals surface area contributed by atoms with E-state index in [2.05, 4.69) is 0 Å². The molecule has 2 N–H and O–H groups in total. The van der Waals surface area contributed by atoms with Crippen LogP contribution in [0, 0.1) is 5.82 Å². The third kappa shape index (κ3) is 3.30. The van der Waals surface area contributed by atoms with Crippen molar-refractivity contribution in [1.29, 1.82) is 0 Å². The van der Waals surface area contributed by atoms with Crippen LogP contribution in [-0.4, -0.2) is 23.9 Å². The molecular weight excluding hydrogens is 257 g/mol. The molecule has 20 heavy (non-hydrogen) atoms. The summed E-state index contributed by atoms with van der Waals surface area (Å²) in [6.45, 7) is 8.52. The van der Waals surface area contributed by atoms with Gasteiger partial charge in [-0.2, -0.15) is 0 Å². The molecule has 0 radical (unpaired) electrons. The van der Waals surface area contributed by atoms with Gasteiger partial charge < -0.3 is 15.2 Å². The predicted molar refractivity (Wildman–Crippen MR) is 77.4 cm³/mol. The van der Waals surface area contributed by atoms with E-state index in [9.17, 15) is 4.39 Å². The molecule has 112 valence electrons. The largest absolute Gasteiger partial charge is 0.484 e. The van der Waals surface area contributed by atoms with Gasteiger partial charge in [0.05, 0.1) is 5.60 Å². The fraction of sp³-hybridized carbons (Fsp3) is 0.625. The highest BCUT2D eigenvalue weighted by atomic mass is 19.1. The Morgan fingerprint density at radius 3 is 2.55 bits per heavy atom. The van der Waals surface area contributed by atoms with Gasteiger partial charge in [0.1, 0.15) is 11.7 Å². The fourth-order valence-electron chi connectivity index (χ4n) is 2.81. The molecular formula is C16H24FNO2. The molecule has 0 amide bonds. The van der Waals surface area contributed by atoms with E-state index in [0.29, 0.717) is 13.0 Å². The van der Waals surface area contributed by atoms with E-state index in [1.807, 2.05) is 33.8 Å². The highest BCUT2D eigenvalue weighted by Crippen LogP contribution is 2.39. The van der Waals surface area contributed by atoms with Crippen molar-refractivity contribution in [3.05, 3.63) is 29.6 Å². The summed E-state index contributed by atoms with van der Waals surface area (Å²) in [5.74, 6) is -0.0541. The summed E-state index contributed by atoms with van der Waals surface area (Å²) in [4.78, 5) is 0. The lowest BCUT2D eigenvalue weighted by molar-refractivity contribution is -0.0849. The highest BCUT2D eigenvalue weighted by Gasteiger charge is 2.47. The molecule has 0 aromatic heterocycles. The van der Waals surface area contributed by atoms with E-state index in [1.165, 1.54) is 6.07 Å². The second kappa shape index (κ2) is 5.34. The third-order valence-electron chi connectivity index (χ3n) is 3.69. The molecule has 1 heterocycles. The Morgan fingerprint density at radius 2 is 2.05 bits per heavy atom. The molecule has 2 rings (SSSR count). The van der Waals surface area contributed by atoms with Crippen LogP contribution in [0.4, 0.5) is 4.39 Å². The maximum atomic E-state index is 14.1. The van der Waals surface area contributed by atoms with E-state index in [0.717, 1.165) is 12.0 Å². The molecule has 1 fully saturated rings. The molecule has 1 aliphatic heterocycles. The Hall–Kier alpha value is -1.13. The van der Waals surface area contributed by atoms with Gasteiger partial charge in [-0.1, -0.05) is 6.07 Å². The van der Waals surface area contributed by atoms with Crippen LogP contribution in [0.15, 0.2) is 18.2 Å². The lowest BCUT2D eigenvalue weighted by Gasteiger charge is -2.27. The number of ether oxygens (including phenoxy) is 2. The van der Waals surface area contributed by atoms with Crippen molar-refractivity contribution in [3.8, 4) is 5.75 Å². The Labute approximate surface area is 120 Å². The minimum absolute atomic E-state index is 0.160. The number of hydrogen-bond donors (Lipinski definition) is 1. The zero-order valence-corrected chi connectivity index (χ0v) is 12.7. The Balaban J connectivity index is 2.14. The van der Waals surface area contributed by atoms with Crippen molar-refractivity contribution >= 4 is 0 Å². The molecule has 1 aromatic carbocycles. The summed E-state index contributed by atoms with van der Waals surface area (Å²) in [5.41, 5.74) is 5.69. The Kier molecular flexibility index (Phi) is 4.07. The van der Waals surface area contributed by atoms with E-state index < -0.39 is 5.60 Å². The van der Waals surface area contributed by atoms with Crippen molar-refractivity contribution < 1.29 is 13.9 Å². The molecule has 1 saturated heterocycles. The fourth-order valence-corrected chi connectivity index (χ4v) is 2.81. The Morgan fingerprint density at radius 1 is 1.35 bits per heavy atom. The SMILES string of the molecule is CC1(C)CC(Oc2ccc(CCN)cc2F)C(C)(C)O1. The summed E-state index contributed by atoms with van der Waals surface area (Å²) in [5, 5.41) is 0. The quantitative estimate of drug-likeness (QED) is 0.922. The van der Waals surface area contributed by atoms with Gasteiger partial charge in [-0.05, 0) is 58.4 Å². The average Bonchev–Trinajstić information content (AvgIpc) is 2.51. The molecule has 1 atom stereocenters. The standard InChI is InChI=1S/C16H24FNO2/c1-15(2)10-14(16(3,4)20-15)19-13-6-5-11(7-8-18)9-12(13)17/h5-6,9,14H,7-8,10,18H2,1-4H3. The molecule has 0 spiro atoms. The van der Waals surface area contributed by atoms with Crippen LogP contribution in [0.3, 0.4) is 0 Å². The normalized spacial score (nSPS) is 23.8. The van der Waals surface area contributed by atoms with E-state index in [4.69, 9.17) is 15.2 Å². The first kappa shape index (κ1) is 15.3. The molecule has 0 aliphatic carbocycles. The van der Waals surface area contributed by atoms with Gasteiger partial charge in [-0.25, -0.2) is 4.39 Å². The number of rotatable bonds is 4. The van der Waals surface area contributed by atoms with Crippen LogP contribution in [0.25, 0.3) is 0 Å². The lowest BCUT2D eigenvalue weighted by Crippen LogP contribution is -2.36. The van der Waals surface area contributed by atoms with E-state index in [1.54, 1.807) is 6.07 Å². The topological polar surface area (TPSA) is 44.5 Å². The predicted octanol–water partition coefficient (Wildman–Crippen LogP) is 3.05. The molecule has 3 nitrogen and oxygen atoms in total. The van der Waals surface area contributed by atoms with Gasteiger partial charge in [0.2, 0.25) is 0 Å². The van der Waals surface area contributed by atoms with Crippen molar-refractivity contribution in [2.24, 2.45) is 5.73 Å². The van der Waals surface area contributed by atoms with Crippen molar-refractivity contribution in [2.45, 2.75) is 57.8 Å². The van der Waals surface area contributed by atoms with Crippen LogP contribution in [0.2, 0.25) is 0 Å². The first-order valence-electron chi connectivity index (χ1n) is 7.09. The zero-order valence-electron chi connectivity index (χ0n) is 12.7. The van der Waals surface area contributed by atoms with Gasteiger partial charge in [0.25, 0.3) is 0 Å². The van der Waals surface area contributed by atoms with Gasteiger partial charge >= 0.3 is 0 Å². The van der Waals surface area contributed by atoms with Crippen LogP contribution in [0.1, 0.15) is 39.7 Å². The van der Waals surface area contributed by atoms with Gasteiger partial charge in [-0.15, -0.1) is 0 Å². The number of benzene rings is 1. The maximum Gasteiger partial charge on any atom is 0.165 e. The summed E-state index contributed by atoms with van der Waals surface area (Å²) in [6.07, 6.45) is 1.25. The van der Waals surface area contributed by atoms with E-state index in [-0.39, 0.29) is 23.3 Å². The number of nitrogens with two attached hydrogens (primary N) is 1. The monoisotopic (exact) mass is 281 g/mol. The van der Waals surface area contributed by atoms with Crippen LogP contribution < -0.4 is 10.5 Å². The second-order valence-electron chi connectivity index (χ2n) is 6.58. The minimum atomic E-state index is -0.425.